The fourth-order valence-corrected chi connectivity index (χ4v) is 3.05. The second-order valence-corrected chi connectivity index (χ2v) is 5.54. The molecule has 0 amide bonds. The molecule has 1 aliphatic rings. The lowest BCUT2D eigenvalue weighted by Gasteiger charge is -2.23. The number of aromatic amines is 1. The summed E-state index contributed by atoms with van der Waals surface area (Å²) in [4.78, 5) is 14.9. The normalized spacial score (nSPS) is 18.0. The SMILES string of the molecule is CCOC(=O)CC1NCCc2c1[nH]c1ccc(C(F)(F)F)cc21. The van der Waals surface area contributed by atoms with E-state index in [0.29, 0.717) is 30.5 Å². The van der Waals surface area contributed by atoms with Gasteiger partial charge in [-0.1, -0.05) is 0 Å². The lowest BCUT2D eigenvalue weighted by atomic mass is 9.97. The molecule has 1 unspecified atom stereocenters. The molecule has 1 aromatic heterocycles. The van der Waals surface area contributed by atoms with Crippen LogP contribution in [0.1, 0.15) is 36.2 Å². The Morgan fingerprint density at radius 3 is 2.87 bits per heavy atom. The van der Waals surface area contributed by atoms with Crippen LogP contribution in [0.2, 0.25) is 0 Å². The second kappa shape index (κ2) is 5.88. The number of alkyl halides is 3. The topological polar surface area (TPSA) is 54.1 Å². The molecule has 0 bridgehead atoms. The van der Waals surface area contributed by atoms with Crippen LogP contribution >= 0.6 is 0 Å². The van der Waals surface area contributed by atoms with Gasteiger partial charge in [0.25, 0.3) is 0 Å². The van der Waals surface area contributed by atoms with Crippen molar-refractivity contribution in [2.45, 2.75) is 32.0 Å². The van der Waals surface area contributed by atoms with Gasteiger partial charge in [0, 0.05) is 16.6 Å². The summed E-state index contributed by atoms with van der Waals surface area (Å²) in [6.45, 7) is 2.65. The number of benzene rings is 1. The van der Waals surface area contributed by atoms with Gasteiger partial charge in [0.15, 0.2) is 0 Å². The Morgan fingerprint density at radius 1 is 1.39 bits per heavy atom. The van der Waals surface area contributed by atoms with Crippen LogP contribution in [0, 0.1) is 0 Å². The van der Waals surface area contributed by atoms with E-state index < -0.39 is 11.7 Å². The molecular weight excluding hydrogens is 309 g/mol. The molecule has 0 aliphatic carbocycles. The number of nitrogens with one attached hydrogen (secondary N) is 2. The Labute approximate surface area is 131 Å². The fourth-order valence-electron chi connectivity index (χ4n) is 3.05. The molecule has 0 saturated carbocycles. The van der Waals surface area contributed by atoms with Gasteiger partial charge in [-0.3, -0.25) is 4.79 Å². The van der Waals surface area contributed by atoms with E-state index >= 15 is 0 Å². The minimum absolute atomic E-state index is 0.153. The molecule has 0 spiro atoms. The standard InChI is InChI=1S/C16H17F3N2O2/c1-2-23-14(22)8-13-15-10(5-6-20-13)11-7-9(16(17,18)19)3-4-12(11)21-15/h3-4,7,13,20-21H,2,5-6,8H2,1H3. The molecule has 7 heteroatoms. The first-order chi connectivity index (χ1) is 10.9. The molecule has 2 aromatic rings. The number of hydrogen-bond donors (Lipinski definition) is 2. The monoisotopic (exact) mass is 326 g/mol. The summed E-state index contributed by atoms with van der Waals surface area (Å²) in [5.74, 6) is -0.326. The predicted molar refractivity (Wildman–Crippen MR) is 79.0 cm³/mol. The van der Waals surface area contributed by atoms with E-state index in [1.54, 1.807) is 6.92 Å². The number of esters is 1. The molecule has 1 aromatic carbocycles. The molecule has 1 atom stereocenters. The quantitative estimate of drug-likeness (QED) is 0.851. The summed E-state index contributed by atoms with van der Waals surface area (Å²) in [6.07, 6.45) is -3.59. The van der Waals surface area contributed by atoms with Crippen molar-refractivity contribution in [2.75, 3.05) is 13.2 Å². The molecule has 2 N–H and O–H groups in total. The summed E-state index contributed by atoms with van der Waals surface area (Å²) in [5, 5.41) is 3.79. The van der Waals surface area contributed by atoms with E-state index in [9.17, 15) is 18.0 Å². The Hall–Kier alpha value is -2.02. The van der Waals surface area contributed by atoms with E-state index in [-0.39, 0.29) is 18.4 Å². The maximum absolute atomic E-state index is 12.9. The van der Waals surface area contributed by atoms with Crippen molar-refractivity contribution in [3.63, 3.8) is 0 Å². The zero-order valence-electron chi connectivity index (χ0n) is 12.6. The number of halogens is 3. The maximum Gasteiger partial charge on any atom is 0.416 e. The molecule has 3 rings (SSSR count). The first-order valence-electron chi connectivity index (χ1n) is 7.51. The number of H-pyrrole nitrogens is 1. The van der Waals surface area contributed by atoms with Crippen molar-refractivity contribution in [2.24, 2.45) is 0 Å². The molecule has 1 aliphatic heterocycles. The molecule has 0 saturated heterocycles. The van der Waals surface area contributed by atoms with Gasteiger partial charge in [0.05, 0.1) is 24.6 Å². The summed E-state index contributed by atoms with van der Waals surface area (Å²) in [7, 11) is 0. The third-order valence-electron chi connectivity index (χ3n) is 4.06. The van der Waals surface area contributed by atoms with Gasteiger partial charge < -0.3 is 15.0 Å². The van der Waals surface area contributed by atoms with Crippen LogP contribution in [0.5, 0.6) is 0 Å². The van der Waals surface area contributed by atoms with E-state index in [4.69, 9.17) is 4.74 Å². The molecule has 0 fully saturated rings. The Balaban J connectivity index is 1.99. The molecule has 124 valence electrons. The van der Waals surface area contributed by atoms with Crippen molar-refractivity contribution < 1.29 is 22.7 Å². The third kappa shape index (κ3) is 3.06. The molecular formula is C16H17F3N2O2. The number of ether oxygens (including phenoxy) is 1. The van der Waals surface area contributed by atoms with Crippen molar-refractivity contribution in [1.82, 2.24) is 10.3 Å². The van der Waals surface area contributed by atoms with Crippen LogP contribution in [0.15, 0.2) is 18.2 Å². The lowest BCUT2D eigenvalue weighted by molar-refractivity contribution is -0.143. The van der Waals surface area contributed by atoms with Crippen molar-refractivity contribution in [3.8, 4) is 0 Å². The average Bonchev–Trinajstić information content (AvgIpc) is 2.85. The summed E-state index contributed by atoms with van der Waals surface area (Å²) < 4.78 is 43.7. The largest absolute Gasteiger partial charge is 0.466 e. The number of aromatic nitrogens is 1. The lowest BCUT2D eigenvalue weighted by Crippen LogP contribution is -2.31. The fraction of sp³-hybridized carbons (Fsp3) is 0.438. The number of carbonyl (C=O) groups excluding carboxylic acids is 1. The molecule has 2 heterocycles. The van der Waals surface area contributed by atoms with Crippen molar-refractivity contribution >= 4 is 16.9 Å². The van der Waals surface area contributed by atoms with Crippen LogP contribution in [-0.4, -0.2) is 24.1 Å². The second-order valence-electron chi connectivity index (χ2n) is 5.54. The summed E-state index contributed by atoms with van der Waals surface area (Å²) in [6, 6.07) is 3.42. The van der Waals surface area contributed by atoms with Crippen molar-refractivity contribution in [1.29, 1.82) is 0 Å². The van der Waals surface area contributed by atoms with Gasteiger partial charge in [-0.15, -0.1) is 0 Å². The van der Waals surface area contributed by atoms with Crippen LogP contribution in [0.3, 0.4) is 0 Å². The zero-order chi connectivity index (χ0) is 16.6. The van der Waals surface area contributed by atoms with E-state index in [1.165, 1.54) is 12.1 Å². The molecule has 4 nitrogen and oxygen atoms in total. The van der Waals surface area contributed by atoms with Crippen LogP contribution in [0.4, 0.5) is 13.2 Å². The minimum atomic E-state index is -4.37. The van der Waals surface area contributed by atoms with Crippen LogP contribution in [0.25, 0.3) is 10.9 Å². The van der Waals surface area contributed by atoms with Gasteiger partial charge in [0.1, 0.15) is 0 Å². The van der Waals surface area contributed by atoms with Gasteiger partial charge in [0.2, 0.25) is 0 Å². The zero-order valence-corrected chi connectivity index (χ0v) is 12.6. The molecule has 23 heavy (non-hydrogen) atoms. The highest BCUT2D eigenvalue weighted by Crippen LogP contribution is 2.36. The van der Waals surface area contributed by atoms with Crippen LogP contribution < -0.4 is 5.32 Å². The van der Waals surface area contributed by atoms with E-state index in [1.807, 2.05) is 0 Å². The molecule has 0 radical (unpaired) electrons. The first-order valence-corrected chi connectivity index (χ1v) is 7.51. The predicted octanol–water partition coefficient (Wildman–Crippen LogP) is 3.33. The number of rotatable bonds is 3. The highest BCUT2D eigenvalue weighted by atomic mass is 19.4. The Kier molecular flexibility index (Phi) is 4.06. The van der Waals surface area contributed by atoms with E-state index in [0.717, 1.165) is 17.3 Å². The minimum Gasteiger partial charge on any atom is -0.466 e. The van der Waals surface area contributed by atoms with Gasteiger partial charge in [-0.25, -0.2) is 0 Å². The highest BCUT2D eigenvalue weighted by molar-refractivity contribution is 5.86. The first kappa shape index (κ1) is 15.9. The number of carbonyl (C=O) groups is 1. The summed E-state index contributed by atoms with van der Waals surface area (Å²) in [5.41, 5.74) is 1.62. The number of hydrogen-bond acceptors (Lipinski definition) is 3. The smallest absolute Gasteiger partial charge is 0.416 e. The Bertz CT molecular complexity index is 737. The Morgan fingerprint density at radius 2 is 2.17 bits per heavy atom. The van der Waals surface area contributed by atoms with Gasteiger partial charge >= 0.3 is 12.1 Å². The highest BCUT2D eigenvalue weighted by Gasteiger charge is 2.32. The van der Waals surface area contributed by atoms with Crippen LogP contribution in [-0.2, 0) is 22.1 Å². The summed E-state index contributed by atoms with van der Waals surface area (Å²) >= 11 is 0. The third-order valence-corrected chi connectivity index (χ3v) is 4.06. The average molecular weight is 326 g/mol. The van der Waals surface area contributed by atoms with Gasteiger partial charge in [-0.2, -0.15) is 13.2 Å². The number of fused-ring (bicyclic) bond motifs is 3. The van der Waals surface area contributed by atoms with Gasteiger partial charge in [-0.05, 0) is 43.7 Å². The van der Waals surface area contributed by atoms with E-state index in [2.05, 4.69) is 10.3 Å². The van der Waals surface area contributed by atoms with Crippen molar-refractivity contribution in [3.05, 3.63) is 35.0 Å². The maximum atomic E-state index is 12.9.